The van der Waals surface area contributed by atoms with Gasteiger partial charge in [-0.05, 0) is 19.9 Å². The van der Waals surface area contributed by atoms with Crippen LogP contribution < -0.4 is 21.1 Å². The maximum atomic E-state index is 12.7. The fraction of sp³-hybridized carbons (Fsp3) is 0.750. The zero-order valence-electron chi connectivity index (χ0n) is 19.4. The lowest BCUT2D eigenvalue weighted by atomic mass is 10.0. The molecular weight excluding hydrogens is 414 g/mol. The summed E-state index contributed by atoms with van der Waals surface area (Å²) in [6, 6.07) is 0. The van der Waals surface area contributed by atoms with Gasteiger partial charge in [0.05, 0.1) is 12.5 Å². The van der Waals surface area contributed by atoms with E-state index in [4.69, 9.17) is 0 Å². The molecule has 0 saturated carbocycles. The Hall–Kier alpha value is -2.73. The average Bonchev–Trinajstić information content (AvgIpc) is 2.82. The standard InChI is InChI=1S/C20H37N9O3/c1-4-7-8-9-16(14-29(32)15-30)17(31)25-26-19-22-18(21-5-2)23-20(24-19)28-12-10-27(6-3)11-13-28/h15-16,32H,4-14H2,1-3H3,(H,25,31)(H2,21,22,23,24,26)/t16-/m1/s1. The Bertz CT molecular complexity index is 714. The van der Waals surface area contributed by atoms with Gasteiger partial charge in [0.25, 0.3) is 0 Å². The van der Waals surface area contributed by atoms with Crippen molar-refractivity contribution < 1.29 is 14.8 Å². The molecule has 0 spiro atoms. The smallest absolute Gasteiger partial charge is 0.248 e. The van der Waals surface area contributed by atoms with E-state index < -0.39 is 5.92 Å². The third kappa shape index (κ3) is 8.08. The minimum atomic E-state index is -0.555. The first-order chi connectivity index (χ1) is 15.5. The molecule has 1 aromatic rings. The van der Waals surface area contributed by atoms with E-state index in [9.17, 15) is 14.8 Å². The first-order valence-corrected chi connectivity index (χ1v) is 11.4. The molecule has 12 nitrogen and oxygen atoms in total. The molecule has 4 N–H and O–H groups in total. The van der Waals surface area contributed by atoms with Crippen LogP contribution in [0.5, 0.6) is 0 Å². The highest BCUT2D eigenvalue weighted by Gasteiger charge is 2.22. The minimum Gasteiger partial charge on any atom is -0.354 e. The van der Waals surface area contributed by atoms with E-state index in [1.54, 1.807) is 0 Å². The van der Waals surface area contributed by atoms with Gasteiger partial charge in [0.1, 0.15) is 0 Å². The zero-order valence-corrected chi connectivity index (χ0v) is 19.4. The molecule has 1 aromatic heterocycles. The largest absolute Gasteiger partial charge is 0.354 e. The fourth-order valence-corrected chi connectivity index (χ4v) is 3.50. The second kappa shape index (κ2) is 13.6. The second-order valence-corrected chi connectivity index (χ2v) is 7.77. The molecular formula is C20H37N9O3. The molecule has 32 heavy (non-hydrogen) atoms. The summed E-state index contributed by atoms with van der Waals surface area (Å²) in [5.74, 6) is 0.298. The Kier molecular flexibility index (Phi) is 10.9. The number of piperazine rings is 1. The average molecular weight is 452 g/mol. The number of unbranched alkanes of at least 4 members (excludes halogenated alkanes) is 2. The maximum Gasteiger partial charge on any atom is 0.248 e. The summed E-state index contributed by atoms with van der Waals surface area (Å²) in [6.07, 6.45) is 3.66. The fourth-order valence-electron chi connectivity index (χ4n) is 3.50. The highest BCUT2D eigenvalue weighted by atomic mass is 16.5. The number of hydrazine groups is 1. The molecule has 0 aliphatic carbocycles. The SMILES string of the molecule is CCCCC[C@H](CN(O)C=O)C(=O)NNc1nc(NCC)nc(N2CCN(CC)CC2)n1. The summed E-state index contributed by atoms with van der Waals surface area (Å²) in [7, 11) is 0. The van der Waals surface area contributed by atoms with E-state index in [0.29, 0.717) is 36.3 Å². The first-order valence-electron chi connectivity index (χ1n) is 11.4. The summed E-state index contributed by atoms with van der Waals surface area (Å²) in [6.45, 7) is 11.3. The van der Waals surface area contributed by atoms with Gasteiger partial charge in [-0.1, -0.05) is 33.1 Å². The van der Waals surface area contributed by atoms with Gasteiger partial charge in [0, 0.05) is 32.7 Å². The van der Waals surface area contributed by atoms with Crippen molar-refractivity contribution in [2.45, 2.75) is 46.5 Å². The predicted octanol–water partition coefficient (Wildman–Crippen LogP) is 0.933. The van der Waals surface area contributed by atoms with Gasteiger partial charge in [-0.15, -0.1) is 0 Å². The molecule has 1 saturated heterocycles. The lowest BCUT2D eigenvalue weighted by Gasteiger charge is -2.34. The first kappa shape index (κ1) is 25.5. The number of rotatable bonds is 14. The van der Waals surface area contributed by atoms with Crippen molar-refractivity contribution in [2.75, 3.05) is 61.5 Å². The molecule has 1 aliphatic heterocycles. The van der Waals surface area contributed by atoms with Crippen LogP contribution in [0.25, 0.3) is 0 Å². The van der Waals surface area contributed by atoms with Crippen molar-refractivity contribution in [2.24, 2.45) is 5.92 Å². The zero-order chi connectivity index (χ0) is 23.3. The number of hydrogen-bond acceptors (Lipinski definition) is 10. The van der Waals surface area contributed by atoms with Gasteiger partial charge in [-0.2, -0.15) is 15.0 Å². The number of carbonyl (C=O) groups excluding carboxylic acids is 2. The number of nitrogens with one attached hydrogen (secondary N) is 3. The van der Waals surface area contributed by atoms with Crippen molar-refractivity contribution in [3.05, 3.63) is 0 Å². The van der Waals surface area contributed by atoms with E-state index in [1.165, 1.54) is 0 Å². The molecule has 2 amide bonds. The number of carbonyl (C=O) groups is 2. The number of nitrogens with zero attached hydrogens (tertiary/aromatic N) is 6. The summed E-state index contributed by atoms with van der Waals surface area (Å²) >= 11 is 0. The van der Waals surface area contributed by atoms with Crippen LogP contribution in [0, 0.1) is 5.92 Å². The number of anilines is 3. The van der Waals surface area contributed by atoms with Crippen LogP contribution in [0.4, 0.5) is 17.8 Å². The molecule has 2 rings (SSSR count). The van der Waals surface area contributed by atoms with Crippen molar-refractivity contribution in [1.82, 2.24) is 30.3 Å². The second-order valence-electron chi connectivity index (χ2n) is 7.77. The highest BCUT2D eigenvalue weighted by Crippen LogP contribution is 2.16. The van der Waals surface area contributed by atoms with Crippen molar-refractivity contribution in [3.8, 4) is 0 Å². The molecule has 0 radical (unpaired) electrons. The van der Waals surface area contributed by atoms with Crippen molar-refractivity contribution in [3.63, 3.8) is 0 Å². The summed E-state index contributed by atoms with van der Waals surface area (Å²) in [5.41, 5.74) is 5.40. The lowest BCUT2D eigenvalue weighted by Crippen LogP contribution is -2.47. The molecule has 12 heteroatoms. The maximum absolute atomic E-state index is 12.7. The van der Waals surface area contributed by atoms with Crippen LogP contribution >= 0.6 is 0 Å². The Balaban J connectivity index is 2.06. The molecule has 0 bridgehead atoms. The molecule has 1 fully saturated rings. The number of likely N-dealkylation sites (N-methyl/N-ethyl adjacent to an activating group) is 1. The van der Waals surface area contributed by atoms with Gasteiger partial charge < -0.3 is 15.1 Å². The quantitative estimate of drug-likeness (QED) is 0.140. The van der Waals surface area contributed by atoms with Gasteiger partial charge >= 0.3 is 0 Å². The van der Waals surface area contributed by atoms with Crippen LogP contribution in [-0.2, 0) is 9.59 Å². The Morgan fingerprint density at radius 3 is 2.47 bits per heavy atom. The molecule has 0 aromatic carbocycles. The third-order valence-electron chi connectivity index (χ3n) is 5.41. The van der Waals surface area contributed by atoms with Crippen LogP contribution in [0.2, 0.25) is 0 Å². The Morgan fingerprint density at radius 1 is 1.12 bits per heavy atom. The monoisotopic (exact) mass is 451 g/mol. The predicted molar refractivity (Wildman–Crippen MR) is 122 cm³/mol. The molecule has 180 valence electrons. The molecule has 1 atom stereocenters. The molecule has 2 heterocycles. The third-order valence-corrected chi connectivity index (χ3v) is 5.41. The summed E-state index contributed by atoms with van der Waals surface area (Å²) in [4.78, 5) is 41.3. The number of hydroxylamine groups is 2. The topological polar surface area (TPSA) is 139 Å². The Morgan fingerprint density at radius 2 is 1.84 bits per heavy atom. The van der Waals surface area contributed by atoms with Crippen LogP contribution in [0.15, 0.2) is 0 Å². The van der Waals surface area contributed by atoms with E-state index in [2.05, 4.69) is 54.8 Å². The number of amides is 2. The van der Waals surface area contributed by atoms with Gasteiger partial charge in [0.15, 0.2) is 0 Å². The van der Waals surface area contributed by atoms with Crippen LogP contribution in [-0.4, -0.2) is 88.3 Å². The number of aromatic nitrogens is 3. The Labute approximate surface area is 189 Å². The minimum absolute atomic E-state index is 0.0759. The van der Waals surface area contributed by atoms with E-state index in [1.807, 2.05) is 6.92 Å². The lowest BCUT2D eigenvalue weighted by molar-refractivity contribution is -0.154. The van der Waals surface area contributed by atoms with Gasteiger partial charge in [-0.3, -0.25) is 25.6 Å². The normalized spacial score (nSPS) is 15.2. The summed E-state index contributed by atoms with van der Waals surface area (Å²) in [5, 5.41) is 13.1. The van der Waals surface area contributed by atoms with E-state index in [0.717, 1.165) is 52.0 Å². The van der Waals surface area contributed by atoms with Gasteiger partial charge in [-0.25, -0.2) is 5.06 Å². The van der Waals surface area contributed by atoms with E-state index >= 15 is 0 Å². The van der Waals surface area contributed by atoms with Crippen molar-refractivity contribution >= 4 is 30.2 Å². The molecule has 1 aliphatic rings. The number of hydrogen-bond donors (Lipinski definition) is 4. The van der Waals surface area contributed by atoms with Gasteiger partial charge in [0.2, 0.25) is 30.2 Å². The van der Waals surface area contributed by atoms with Crippen molar-refractivity contribution in [1.29, 1.82) is 0 Å². The van der Waals surface area contributed by atoms with E-state index in [-0.39, 0.29) is 18.4 Å². The molecule has 0 unspecified atom stereocenters. The highest BCUT2D eigenvalue weighted by molar-refractivity contribution is 5.80. The van der Waals surface area contributed by atoms with Crippen LogP contribution in [0.1, 0.15) is 46.5 Å². The summed E-state index contributed by atoms with van der Waals surface area (Å²) < 4.78 is 0. The van der Waals surface area contributed by atoms with Crippen LogP contribution in [0.3, 0.4) is 0 Å².